The van der Waals surface area contributed by atoms with Crippen LogP contribution in [0.4, 0.5) is 0 Å². The summed E-state index contributed by atoms with van der Waals surface area (Å²) in [5.74, 6) is 0. The molecule has 1 saturated carbocycles. The fourth-order valence-electron chi connectivity index (χ4n) is 1.97. The molecule has 1 aromatic rings. The summed E-state index contributed by atoms with van der Waals surface area (Å²) in [6, 6.07) is 10.9. The summed E-state index contributed by atoms with van der Waals surface area (Å²) < 4.78 is 5.25. The maximum Gasteiger partial charge on any atom is 0.0601 e. The lowest BCUT2D eigenvalue weighted by Gasteiger charge is -2.35. The van der Waals surface area contributed by atoms with Gasteiger partial charge in [-0.15, -0.1) is 0 Å². The summed E-state index contributed by atoms with van der Waals surface area (Å²) in [6.07, 6.45) is 2.71. The monoisotopic (exact) mass is 217 g/mol. The van der Waals surface area contributed by atoms with Crippen molar-refractivity contribution in [1.29, 1.82) is 0 Å². The van der Waals surface area contributed by atoms with Crippen molar-refractivity contribution in [2.45, 2.75) is 25.0 Å². The molecule has 2 rings (SSSR count). The van der Waals surface area contributed by atoms with Crippen molar-refractivity contribution in [1.82, 2.24) is 5.32 Å². The number of nitrogens with one attached hydrogen (secondary N) is 1. The summed E-state index contributed by atoms with van der Waals surface area (Å²) in [5.41, 5.74) is 2.37. The highest BCUT2D eigenvalue weighted by atomic mass is 16.5. The van der Waals surface area contributed by atoms with Crippen LogP contribution in [-0.4, -0.2) is 25.8 Å². The van der Waals surface area contributed by atoms with Crippen LogP contribution in [0.3, 0.4) is 0 Å². The molecule has 0 radical (unpaired) electrons. The third-order valence-electron chi connectivity index (χ3n) is 3.21. The quantitative estimate of drug-likeness (QED) is 0.818. The molecule has 16 heavy (non-hydrogen) atoms. The smallest absolute Gasteiger partial charge is 0.0601 e. The zero-order valence-corrected chi connectivity index (χ0v) is 9.78. The Morgan fingerprint density at radius 3 is 2.69 bits per heavy atom. The van der Waals surface area contributed by atoms with Crippen LogP contribution in [0.1, 0.15) is 18.4 Å². The Morgan fingerprint density at radius 1 is 1.38 bits per heavy atom. The van der Waals surface area contributed by atoms with Gasteiger partial charge >= 0.3 is 0 Å². The molecule has 0 aromatic heterocycles. The largest absolute Gasteiger partial charge is 0.381 e. The number of rotatable bonds is 5. The van der Waals surface area contributed by atoms with Crippen LogP contribution in [-0.2, 0) is 4.74 Å². The summed E-state index contributed by atoms with van der Waals surface area (Å²) in [5, 5.41) is 3.50. The first-order valence-electron chi connectivity index (χ1n) is 5.79. The van der Waals surface area contributed by atoms with E-state index in [1.807, 2.05) is 18.2 Å². The van der Waals surface area contributed by atoms with Crippen LogP contribution in [0, 0.1) is 0 Å². The van der Waals surface area contributed by atoms with Crippen molar-refractivity contribution in [3.8, 4) is 0 Å². The third-order valence-corrected chi connectivity index (χ3v) is 3.21. The normalized spacial score (nSPS) is 23.8. The summed E-state index contributed by atoms with van der Waals surface area (Å²) in [7, 11) is 1.78. The first-order chi connectivity index (χ1) is 7.79. The lowest BCUT2D eigenvalue weighted by Crippen LogP contribution is -2.45. The van der Waals surface area contributed by atoms with E-state index in [2.05, 4.69) is 24.0 Å². The first-order valence-corrected chi connectivity index (χ1v) is 5.79. The van der Waals surface area contributed by atoms with Gasteiger partial charge in [0.25, 0.3) is 0 Å². The van der Waals surface area contributed by atoms with Crippen LogP contribution < -0.4 is 5.32 Å². The van der Waals surface area contributed by atoms with Gasteiger partial charge < -0.3 is 10.1 Å². The average molecular weight is 217 g/mol. The Balaban J connectivity index is 1.73. The molecule has 1 aromatic carbocycles. The minimum Gasteiger partial charge on any atom is -0.381 e. The van der Waals surface area contributed by atoms with Crippen LogP contribution in [0.5, 0.6) is 0 Å². The Labute approximate surface area is 97.3 Å². The molecule has 1 aliphatic rings. The maximum atomic E-state index is 5.25. The van der Waals surface area contributed by atoms with E-state index >= 15 is 0 Å². The van der Waals surface area contributed by atoms with Gasteiger partial charge in [-0.05, 0) is 24.0 Å². The molecule has 0 heterocycles. The van der Waals surface area contributed by atoms with Crippen molar-refractivity contribution in [3.63, 3.8) is 0 Å². The average Bonchev–Trinajstić information content (AvgIpc) is 2.28. The molecule has 0 unspecified atom stereocenters. The standard InChI is InChI=1S/C14H19NO/c1-11(12-6-4-3-5-7-12)10-15-13-8-14(9-13)16-2/h3-7,13-15H,1,8-10H2,2H3. The number of hydrogen-bond acceptors (Lipinski definition) is 2. The van der Waals surface area contributed by atoms with Crippen LogP contribution in [0.2, 0.25) is 0 Å². The molecule has 2 nitrogen and oxygen atoms in total. The van der Waals surface area contributed by atoms with Gasteiger partial charge in [0.05, 0.1) is 6.10 Å². The van der Waals surface area contributed by atoms with E-state index in [4.69, 9.17) is 4.74 Å². The van der Waals surface area contributed by atoms with E-state index < -0.39 is 0 Å². The second-order valence-corrected chi connectivity index (χ2v) is 4.38. The molecule has 1 fully saturated rings. The predicted molar refractivity (Wildman–Crippen MR) is 67.3 cm³/mol. The van der Waals surface area contributed by atoms with E-state index in [0.29, 0.717) is 12.1 Å². The van der Waals surface area contributed by atoms with Crippen molar-refractivity contribution in [2.24, 2.45) is 0 Å². The van der Waals surface area contributed by atoms with Gasteiger partial charge in [-0.25, -0.2) is 0 Å². The Kier molecular flexibility index (Phi) is 3.75. The second kappa shape index (κ2) is 5.28. The van der Waals surface area contributed by atoms with Gasteiger partial charge in [0.15, 0.2) is 0 Å². The fraction of sp³-hybridized carbons (Fsp3) is 0.429. The lowest BCUT2D eigenvalue weighted by atomic mass is 9.89. The zero-order valence-electron chi connectivity index (χ0n) is 9.78. The fourth-order valence-corrected chi connectivity index (χ4v) is 1.97. The summed E-state index contributed by atoms with van der Waals surface area (Å²) in [6.45, 7) is 4.97. The van der Waals surface area contributed by atoms with Gasteiger partial charge in [0, 0.05) is 19.7 Å². The van der Waals surface area contributed by atoms with E-state index in [1.165, 1.54) is 5.56 Å². The molecular weight excluding hydrogens is 198 g/mol. The van der Waals surface area contributed by atoms with E-state index in [1.54, 1.807) is 7.11 Å². The Bertz CT molecular complexity index is 341. The Morgan fingerprint density at radius 2 is 2.06 bits per heavy atom. The summed E-state index contributed by atoms with van der Waals surface area (Å²) >= 11 is 0. The minimum absolute atomic E-state index is 0.461. The molecule has 0 bridgehead atoms. The van der Waals surface area contributed by atoms with E-state index in [-0.39, 0.29) is 0 Å². The third kappa shape index (κ3) is 2.71. The van der Waals surface area contributed by atoms with Crippen LogP contribution in [0.15, 0.2) is 36.9 Å². The second-order valence-electron chi connectivity index (χ2n) is 4.38. The summed E-state index contributed by atoms with van der Waals surface area (Å²) in [4.78, 5) is 0. The highest BCUT2D eigenvalue weighted by Crippen LogP contribution is 2.23. The number of ether oxygens (including phenoxy) is 1. The maximum absolute atomic E-state index is 5.25. The SMILES string of the molecule is C=C(CNC1CC(OC)C1)c1ccccc1. The predicted octanol–water partition coefficient (Wildman–Crippen LogP) is 2.47. The molecular formula is C14H19NO. The first kappa shape index (κ1) is 11.4. The van der Waals surface area contributed by atoms with Gasteiger partial charge in [-0.1, -0.05) is 36.9 Å². The molecule has 0 spiro atoms. The van der Waals surface area contributed by atoms with Gasteiger partial charge in [-0.3, -0.25) is 0 Å². The number of methoxy groups -OCH3 is 1. The molecule has 0 amide bonds. The van der Waals surface area contributed by atoms with Gasteiger partial charge in [0.1, 0.15) is 0 Å². The van der Waals surface area contributed by atoms with Crippen LogP contribution in [0.25, 0.3) is 5.57 Å². The molecule has 0 aliphatic heterocycles. The molecule has 2 heteroatoms. The lowest BCUT2D eigenvalue weighted by molar-refractivity contribution is 0.0186. The molecule has 1 N–H and O–H groups in total. The molecule has 0 atom stereocenters. The number of hydrogen-bond donors (Lipinski definition) is 1. The van der Waals surface area contributed by atoms with Gasteiger partial charge in [0.2, 0.25) is 0 Å². The minimum atomic E-state index is 0.461. The molecule has 1 aliphatic carbocycles. The van der Waals surface area contributed by atoms with Gasteiger partial charge in [-0.2, -0.15) is 0 Å². The van der Waals surface area contributed by atoms with Crippen molar-refractivity contribution in [2.75, 3.05) is 13.7 Å². The van der Waals surface area contributed by atoms with Crippen molar-refractivity contribution in [3.05, 3.63) is 42.5 Å². The Hall–Kier alpha value is -1.12. The molecule has 86 valence electrons. The number of benzene rings is 1. The highest BCUT2D eigenvalue weighted by Gasteiger charge is 2.28. The van der Waals surface area contributed by atoms with Crippen molar-refractivity contribution < 1.29 is 4.74 Å². The highest BCUT2D eigenvalue weighted by molar-refractivity contribution is 5.64. The zero-order chi connectivity index (χ0) is 11.4. The van der Waals surface area contributed by atoms with Crippen LogP contribution >= 0.6 is 0 Å². The van der Waals surface area contributed by atoms with E-state index in [9.17, 15) is 0 Å². The van der Waals surface area contributed by atoms with E-state index in [0.717, 1.165) is 25.0 Å². The topological polar surface area (TPSA) is 21.3 Å². The van der Waals surface area contributed by atoms with Crippen molar-refractivity contribution >= 4 is 5.57 Å². The molecule has 0 saturated heterocycles.